The molecule has 2 rings (SSSR count). The molecule has 23 heavy (non-hydrogen) atoms. The lowest BCUT2D eigenvalue weighted by Crippen LogP contribution is -2.26. The molecule has 1 amide bonds. The van der Waals surface area contributed by atoms with Crippen LogP contribution in [-0.2, 0) is 4.79 Å². The Balaban J connectivity index is 1.78. The van der Waals surface area contributed by atoms with Crippen molar-refractivity contribution < 1.29 is 4.79 Å². The van der Waals surface area contributed by atoms with Crippen LogP contribution in [0.4, 0.5) is 0 Å². The van der Waals surface area contributed by atoms with Gasteiger partial charge < -0.3 is 5.32 Å². The normalized spacial score (nSPS) is 12.1. The summed E-state index contributed by atoms with van der Waals surface area (Å²) in [6.45, 7) is 4.21. The van der Waals surface area contributed by atoms with Gasteiger partial charge in [0.25, 0.3) is 0 Å². The first kappa shape index (κ1) is 17.2. The van der Waals surface area contributed by atoms with Crippen molar-refractivity contribution in [2.24, 2.45) is 0 Å². The van der Waals surface area contributed by atoms with Crippen molar-refractivity contribution in [1.29, 1.82) is 0 Å². The molecule has 0 saturated heterocycles. The molecular weight excluding hydrogens is 288 g/mol. The first-order valence-electron chi connectivity index (χ1n) is 8.45. The molecule has 5 heteroatoms. The highest BCUT2D eigenvalue weighted by atomic mass is 16.1. The monoisotopic (exact) mass is 314 g/mol. The SMILES string of the molecule is CCCCCCCC(=O)NC(C)c1ccc(-n2cncn2)cc1. The number of amides is 1. The van der Waals surface area contributed by atoms with Gasteiger partial charge in [-0.2, -0.15) is 5.10 Å². The van der Waals surface area contributed by atoms with E-state index < -0.39 is 0 Å². The highest BCUT2D eigenvalue weighted by Gasteiger charge is 2.09. The maximum atomic E-state index is 12.0. The van der Waals surface area contributed by atoms with Crippen LogP contribution in [0.3, 0.4) is 0 Å². The van der Waals surface area contributed by atoms with Crippen LogP contribution in [0.2, 0.25) is 0 Å². The standard InChI is InChI=1S/C18H26N4O/c1-3-4-5-6-7-8-18(23)21-15(2)16-9-11-17(12-10-16)22-14-19-13-20-22/h9-15H,3-8H2,1-2H3,(H,21,23). The molecule has 1 atom stereocenters. The lowest BCUT2D eigenvalue weighted by Gasteiger charge is -2.15. The summed E-state index contributed by atoms with van der Waals surface area (Å²) in [5.74, 6) is 0.134. The molecule has 2 aromatic rings. The predicted molar refractivity (Wildman–Crippen MR) is 91.3 cm³/mol. The van der Waals surface area contributed by atoms with Crippen LogP contribution in [0.25, 0.3) is 5.69 Å². The number of nitrogens with zero attached hydrogens (tertiary/aromatic N) is 3. The van der Waals surface area contributed by atoms with E-state index in [1.807, 2.05) is 31.2 Å². The van der Waals surface area contributed by atoms with E-state index in [2.05, 4.69) is 22.3 Å². The van der Waals surface area contributed by atoms with Crippen LogP contribution in [0, 0.1) is 0 Å². The maximum Gasteiger partial charge on any atom is 0.220 e. The minimum absolute atomic E-state index is 0.0166. The number of hydrogen-bond donors (Lipinski definition) is 1. The van der Waals surface area contributed by atoms with E-state index in [1.165, 1.54) is 25.6 Å². The van der Waals surface area contributed by atoms with Crippen LogP contribution in [0.15, 0.2) is 36.9 Å². The minimum Gasteiger partial charge on any atom is -0.350 e. The number of unbranched alkanes of at least 4 members (excludes halogenated alkanes) is 4. The van der Waals surface area contributed by atoms with E-state index in [4.69, 9.17) is 0 Å². The maximum absolute atomic E-state index is 12.0. The number of carbonyl (C=O) groups is 1. The van der Waals surface area contributed by atoms with Crippen molar-refractivity contribution in [1.82, 2.24) is 20.1 Å². The summed E-state index contributed by atoms with van der Waals surface area (Å²) in [4.78, 5) is 15.9. The van der Waals surface area contributed by atoms with Gasteiger partial charge in [-0.25, -0.2) is 9.67 Å². The van der Waals surface area contributed by atoms with E-state index in [0.717, 1.165) is 24.1 Å². The molecule has 0 aliphatic heterocycles. The third kappa shape index (κ3) is 5.51. The van der Waals surface area contributed by atoms with Gasteiger partial charge in [-0.05, 0) is 31.0 Å². The van der Waals surface area contributed by atoms with Crippen molar-refractivity contribution in [3.8, 4) is 5.69 Å². The zero-order valence-corrected chi connectivity index (χ0v) is 14.0. The third-order valence-electron chi connectivity index (χ3n) is 3.96. The topological polar surface area (TPSA) is 59.8 Å². The summed E-state index contributed by atoms with van der Waals surface area (Å²) in [6.07, 6.45) is 9.63. The molecule has 0 aliphatic carbocycles. The van der Waals surface area contributed by atoms with Gasteiger partial charge in [0.1, 0.15) is 12.7 Å². The molecule has 0 spiro atoms. The van der Waals surface area contributed by atoms with Gasteiger partial charge in [0.2, 0.25) is 5.91 Å². The highest BCUT2D eigenvalue weighted by Crippen LogP contribution is 2.15. The average Bonchev–Trinajstić information content (AvgIpc) is 3.09. The molecule has 0 aliphatic rings. The molecule has 5 nitrogen and oxygen atoms in total. The second kappa shape index (κ2) is 9.08. The minimum atomic E-state index is 0.0166. The quantitative estimate of drug-likeness (QED) is 0.716. The van der Waals surface area contributed by atoms with E-state index in [-0.39, 0.29) is 11.9 Å². The largest absolute Gasteiger partial charge is 0.350 e. The van der Waals surface area contributed by atoms with Crippen molar-refractivity contribution in [3.05, 3.63) is 42.5 Å². The lowest BCUT2D eigenvalue weighted by molar-refractivity contribution is -0.121. The molecule has 1 N–H and O–H groups in total. The number of benzene rings is 1. The molecule has 0 radical (unpaired) electrons. The number of aromatic nitrogens is 3. The van der Waals surface area contributed by atoms with E-state index in [0.29, 0.717) is 6.42 Å². The molecule has 0 fully saturated rings. The third-order valence-corrected chi connectivity index (χ3v) is 3.96. The summed E-state index contributed by atoms with van der Waals surface area (Å²) in [5, 5.41) is 7.17. The molecule has 1 aromatic heterocycles. The predicted octanol–water partition coefficient (Wildman–Crippen LogP) is 3.81. The fourth-order valence-electron chi connectivity index (χ4n) is 2.54. The zero-order valence-electron chi connectivity index (χ0n) is 14.0. The van der Waals surface area contributed by atoms with E-state index >= 15 is 0 Å². The molecule has 1 heterocycles. The molecule has 0 saturated carbocycles. The summed E-state index contributed by atoms with van der Waals surface area (Å²) < 4.78 is 1.71. The summed E-state index contributed by atoms with van der Waals surface area (Å²) in [6, 6.07) is 8.02. The number of nitrogens with one attached hydrogen (secondary N) is 1. The van der Waals surface area contributed by atoms with Crippen LogP contribution in [0.5, 0.6) is 0 Å². The summed E-state index contributed by atoms with van der Waals surface area (Å²) in [7, 11) is 0. The Kier molecular flexibility index (Phi) is 6.78. The number of hydrogen-bond acceptors (Lipinski definition) is 3. The Morgan fingerprint density at radius 1 is 1.17 bits per heavy atom. The van der Waals surface area contributed by atoms with Gasteiger partial charge in [0.15, 0.2) is 0 Å². The molecule has 0 bridgehead atoms. The fraction of sp³-hybridized carbons (Fsp3) is 0.500. The second-order valence-electron chi connectivity index (χ2n) is 5.88. The Morgan fingerprint density at radius 2 is 1.91 bits per heavy atom. The molecular formula is C18H26N4O. The van der Waals surface area contributed by atoms with Crippen molar-refractivity contribution in [2.45, 2.75) is 58.4 Å². The van der Waals surface area contributed by atoms with E-state index in [9.17, 15) is 4.79 Å². The van der Waals surface area contributed by atoms with Crippen LogP contribution >= 0.6 is 0 Å². The zero-order chi connectivity index (χ0) is 16.5. The number of rotatable bonds is 9. The van der Waals surface area contributed by atoms with Crippen molar-refractivity contribution in [3.63, 3.8) is 0 Å². The van der Waals surface area contributed by atoms with Gasteiger partial charge in [-0.15, -0.1) is 0 Å². The van der Waals surface area contributed by atoms with Crippen LogP contribution < -0.4 is 5.32 Å². The fourth-order valence-corrected chi connectivity index (χ4v) is 2.54. The highest BCUT2D eigenvalue weighted by molar-refractivity contribution is 5.76. The first-order chi connectivity index (χ1) is 11.2. The summed E-state index contributed by atoms with van der Waals surface area (Å²) in [5.41, 5.74) is 2.05. The van der Waals surface area contributed by atoms with E-state index in [1.54, 1.807) is 11.0 Å². The van der Waals surface area contributed by atoms with Crippen LogP contribution in [-0.4, -0.2) is 20.7 Å². The summed E-state index contributed by atoms with van der Waals surface area (Å²) >= 11 is 0. The average molecular weight is 314 g/mol. The van der Waals surface area contributed by atoms with Crippen LogP contribution in [0.1, 0.15) is 64.0 Å². The van der Waals surface area contributed by atoms with Gasteiger partial charge in [0.05, 0.1) is 11.7 Å². The Morgan fingerprint density at radius 3 is 2.57 bits per heavy atom. The van der Waals surface area contributed by atoms with Gasteiger partial charge in [0, 0.05) is 6.42 Å². The Bertz CT molecular complexity index is 578. The van der Waals surface area contributed by atoms with Gasteiger partial charge in [-0.3, -0.25) is 4.79 Å². The van der Waals surface area contributed by atoms with Gasteiger partial charge >= 0.3 is 0 Å². The lowest BCUT2D eigenvalue weighted by atomic mass is 10.1. The molecule has 1 unspecified atom stereocenters. The Hall–Kier alpha value is -2.17. The van der Waals surface area contributed by atoms with Crippen molar-refractivity contribution >= 4 is 5.91 Å². The smallest absolute Gasteiger partial charge is 0.220 e. The Labute approximate surface area is 138 Å². The molecule has 1 aromatic carbocycles. The second-order valence-corrected chi connectivity index (χ2v) is 5.88. The number of carbonyl (C=O) groups excluding carboxylic acids is 1. The molecule has 124 valence electrons. The van der Waals surface area contributed by atoms with Crippen molar-refractivity contribution in [2.75, 3.05) is 0 Å². The van der Waals surface area contributed by atoms with Gasteiger partial charge in [-0.1, -0.05) is 44.7 Å². The first-order valence-corrected chi connectivity index (χ1v) is 8.45.